The fourth-order valence-electron chi connectivity index (χ4n) is 3.16. The van der Waals surface area contributed by atoms with Gasteiger partial charge in [-0.1, -0.05) is 25.8 Å². The second kappa shape index (κ2) is 4.70. The van der Waals surface area contributed by atoms with Gasteiger partial charge in [0.25, 0.3) is 0 Å². The van der Waals surface area contributed by atoms with E-state index in [9.17, 15) is 4.79 Å². The van der Waals surface area contributed by atoms with Crippen molar-refractivity contribution in [1.82, 2.24) is 0 Å². The molecule has 2 unspecified atom stereocenters. The molecule has 2 nitrogen and oxygen atoms in total. The molecule has 0 aromatic heterocycles. The first-order valence-electron chi connectivity index (χ1n) is 6.64. The number of rotatable bonds is 2. The summed E-state index contributed by atoms with van der Waals surface area (Å²) in [5.41, 5.74) is 6.81. The zero-order valence-electron chi connectivity index (χ0n) is 10.3. The smallest absolute Gasteiger partial charge is 0.178 e. The van der Waals surface area contributed by atoms with Gasteiger partial charge in [0.2, 0.25) is 0 Å². The molecule has 1 saturated carbocycles. The van der Waals surface area contributed by atoms with Crippen LogP contribution in [-0.4, -0.2) is 11.3 Å². The molecule has 2 aliphatic rings. The average Bonchev–Trinajstić information content (AvgIpc) is 2.29. The number of carbonyl (C=O) groups excluding carboxylic acids is 1. The number of allylic oxidation sites excluding steroid dienone is 1. The highest BCUT2D eigenvalue weighted by Crippen LogP contribution is 2.34. The number of carbonyl (C=O) groups is 1. The van der Waals surface area contributed by atoms with E-state index < -0.39 is 5.54 Å². The molecule has 0 amide bonds. The molecule has 0 aromatic carbocycles. The lowest BCUT2D eigenvalue weighted by Gasteiger charge is -2.36. The zero-order chi connectivity index (χ0) is 11.6. The summed E-state index contributed by atoms with van der Waals surface area (Å²) < 4.78 is 0. The first kappa shape index (κ1) is 11.8. The van der Waals surface area contributed by atoms with E-state index in [4.69, 9.17) is 5.73 Å². The van der Waals surface area contributed by atoms with Gasteiger partial charge in [-0.25, -0.2) is 0 Å². The van der Waals surface area contributed by atoms with E-state index >= 15 is 0 Å². The number of ketones is 1. The fraction of sp³-hybridized carbons (Fsp3) is 0.786. The van der Waals surface area contributed by atoms with Gasteiger partial charge in [-0.15, -0.1) is 0 Å². The van der Waals surface area contributed by atoms with Crippen LogP contribution in [0.15, 0.2) is 11.6 Å². The Kier molecular flexibility index (Phi) is 3.48. The molecule has 0 saturated heterocycles. The normalized spacial score (nSPS) is 35.6. The Bertz CT molecular complexity index is 308. The van der Waals surface area contributed by atoms with Crippen molar-refractivity contribution in [3.63, 3.8) is 0 Å². The Morgan fingerprint density at radius 1 is 1.44 bits per heavy atom. The highest BCUT2D eigenvalue weighted by atomic mass is 16.1. The molecule has 2 atom stereocenters. The second-order valence-electron chi connectivity index (χ2n) is 5.66. The predicted molar refractivity (Wildman–Crippen MR) is 66.1 cm³/mol. The first-order chi connectivity index (χ1) is 7.62. The van der Waals surface area contributed by atoms with Crippen molar-refractivity contribution in [2.24, 2.45) is 11.7 Å². The molecule has 1 fully saturated rings. The minimum atomic E-state index is -0.541. The molecule has 0 radical (unpaired) electrons. The molecule has 0 aliphatic heterocycles. The van der Waals surface area contributed by atoms with Crippen LogP contribution in [0, 0.1) is 5.92 Å². The third-order valence-corrected chi connectivity index (χ3v) is 4.07. The van der Waals surface area contributed by atoms with Crippen LogP contribution in [0.2, 0.25) is 0 Å². The molecule has 0 heterocycles. The maximum Gasteiger partial charge on any atom is 0.178 e. The summed E-state index contributed by atoms with van der Waals surface area (Å²) in [6.07, 6.45) is 10.6. The van der Waals surface area contributed by atoms with Gasteiger partial charge in [0.05, 0.1) is 5.54 Å². The van der Waals surface area contributed by atoms with E-state index in [1.165, 1.54) is 12.8 Å². The molecule has 90 valence electrons. The van der Waals surface area contributed by atoms with Gasteiger partial charge in [0, 0.05) is 0 Å². The van der Waals surface area contributed by atoms with Crippen LogP contribution in [0.25, 0.3) is 0 Å². The van der Waals surface area contributed by atoms with Crippen molar-refractivity contribution in [3.8, 4) is 0 Å². The molecular formula is C14H23NO. The van der Waals surface area contributed by atoms with E-state index in [-0.39, 0.29) is 5.78 Å². The van der Waals surface area contributed by atoms with Crippen molar-refractivity contribution in [1.29, 1.82) is 0 Å². The van der Waals surface area contributed by atoms with Gasteiger partial charge >= 0.3 is 0 Å². The van der Waals surface area contributed by atoms with Crippen LogP contribution < -0.4 is 5.73 Å². The van der Waals surface area contributed by atoms with Crippen LogP contribution >= 0.6 is 0 Å². The standard InChI is InChI=1S/C14H23NO/c1-11-6-5-9-14(15,10-11)13(16)12-7-3-2-4-8-12/h7,11H,2-6,8-10,15H2,1H3. The molecule has 0 aromatic rings. The molecule has 2 N–H and O–H groups in total. The topological polar surface area (TPSA) is 43.1 Å². The van der Waals surface area contributed by atoms with Gasteiger partial charge in [0.15, 0.2) is 5.78 Å². The predicted octanol–water partition coefficient (Wildman–Crippen LogP) is 2.96. The van der Waals surface area contributed by atoms with Crippen LogP contribution in [0.5, 0.6) is 0 Å². The largest absolute Gasteiger partial charge is 0.319 e. The molecule has 16 heavy (non-hydrogen) atoms. The minimum Gasteiger partial charge on any atom is -0.319 e. The Morgan fingerprint density at radius 2 is 2.25 bits per heavy atom. The van der Waals surface area contributed by atoms with Crippen molar-refractivity contribution in [3.05, 3.63) is 11.6 Å². The maximum atomic E-state index is 12.4. The first-order valence-corrected chi connectivity index (χ1v) is 6.64. The van der Waals surface area contributed by atoms with E-state index in [2.05, 4.69) is 13.0 Å². The number of hydrogen-bond acceptors (Lipinski definition) is 2. The summed E-state index contributed by atoms with van der Waals surface area (Å²) in [5, 5.41) is 0. The molecule has 0 bridgehead atoms. The highest BCUT2D eigenvalue weighted by molar-refractivity contribution is 6.02. The Hall–Kier alpha value is -0.630. The molecule has 2 heteroatoms. The van der Waals surface area contributed by atoms with E-state index in [0.717, 1.165) is 44.1 Å². The molecule has 2 rings (SSSR count). The van der Waals surface area contributed by atoms with Crippen LogP contribution in [0.3, 0.4) is 0 Å². The van der Waals surface area contributed by atoms with Gasteiger partial charge in [-0.2, -0.15) is 0 Å². The van der Waals surface area contributed by atoms with Gasteiger partial charge in [0.1, 0.15) is 0 Å². The molecular weight excluding hydrogens is 198 g/mol. The van der Waals surface area contributed by atoms with E-state index in [1.54, 1.807) is 0 Å². The summed E-state index contributed by atoms with van der Waals surface area (Å²) in [6.45, 7) is 2.21. The quantitative estimate of drug-likeness (QED) is 0.779. The van der Waals surface area contributed by atoms with Crippen LogP contribution in [0.4, 0.5) is 0 Å². The average molecular weight is 221 g/mol. The van der Waals surface area contributed by atoms with Crippen LogP contribution in [-0.2, 0) is 4.79 Å². The lowest BCUT2D eigenvalue weighted by Crippen LogP contribution is -2.51. The summed E-state index contributed by atoms with van der Waals surface area (Å²) >= 11 is 0. The lowest BCUT2D eigenvalue weighted by atomic mass is 9.72. The van der Waals surface area contributed by atoms with Crippen molar-refractivity contribution in [2.45, 2.75) is 63.8 Å². The summed E-state index contributed by atoms with van der Waals surface area (Å²) in [7, 11) is 0. The fourth-order valence-corrected chi connectivity index (χ4v) is 3.16. The van der Waals surface area contributed by atoms with Crippen molar-refractivity contribution in [2.75, 3.05) is 0 Å². The number of Topliss-reactive ketones (excluding diaryl/α,β-unsaturated/α-hetero) is 1. The Morgan fingerprint density at radius 3 is 2.88 bits per heavy atom. The third-order valence-electron chi connectivity index (χ3n) is 4.07. The maximum absolute atomic E-state index is 12.4. The van der Waals surface area contributed by atoms with E-state index in [1.807, 2.05) is 0 Å². The van der Waals surface area contributed by atoms with Crippen molar-refractivity contribution < 1.29 is 4.79 Å². The number of nitrogens with two attached hydrogens (primary N) is 1. The van der Waals surface area contributed by atoms with Crippen LogP contribution in [0.1, 0.15) is 58.3 Å². The molecule has 0 spiro atoms. The van der Waals surface area contributed by atoms with E-state index in [0.29, 0.717) is 5.92 Å². The van der Waals surface area contributed by atoms with Gasteiger partial charge in [-0.05, 0) is 50.0 Å². The SMILES string of the molecule is CC1CCCC(N)(C(=O)C2=CCCCC2)C1. The minimum absolute atomic E-state index is 0.249. The highest BCUT2D eigenvalue weighted by Gasteiger charge is 2.39. The van der Waals surface area contributed by atoms with Gasteiger partial charge in [-0.3, -0.25) is 4.79 Å². The summed E-state index contributed by atoms with van der Waals surface area (Å²) in [6, 6.07) is 0. The third kappa shape index (κ3) is 2.37. The number of hydrogen-bond donors (Lipinski definition) is 1. The Balaban J connectivity index is 2.10. The monoisotopic (exact) mass is 221 g/mol. The second-order valence-corrected chi connectivity index (χ2v) is 5.66. The van der Waals surface area contributed by atoms with Gasteiger partial charge < -0.3 is 5.73 Å². The van der Waals surface area contributed by atoms with Crippen molar-refractivity contribution >= 4 is 5.78 Å². The summed E-state index contributed by atoms with van der Waals surface area (Å²) in [5.74, 6) is 0.852. The summed E-state index contributed by atoms with van der Waals surface area (Å²) in [4.78, 5) is 12.4. The lowest BCUT2D eigenvalue weighted by molar-refractivity contribution is -0.122. The zero-order valence-corrected chi connectivity index (χ0v) is 10.3. The Labute approximate surface area is 98.3 Å². The molecule has 2 aliphatic carbocycles.